The van der Waals surface area contributed by atoms with Gasteiger partial charge in [0.25, 0.3) is 0 Å². The quantitative estimate of drug-likeness (QED) is 0.160. The minimum absolute atomic E-state index is 0.0225. The van der Waals surface area contributed by atoms with Gasteiger partial charge in [0, 0.05) is 6.42 Å². The Bertz CT molecular complexity index is 272. The van der Waals surface area contributed by atoms with Gasteiger partial charge in [-0.15, -0.1) is 0 Å². The minimum atomic E-state index is 0.0225. The van der Waals surface area contributed by atoms with Gasteiger partial charge in [-0.05, 0) is 25.2 Å². The van der Waals surface area contributed by atoms with Crippen molar-refractivity contribution >= 4 is 5.97 Å². The lowest BCUT2D eigenvalue weighted by molar-refractivity contribution is -0.145. The summed E-state index contributed by atoms with van der Waals surface area (Å²) in [5.41, 5.74) is 0. The van der Waals surface area contributed by atoms with E-state index in [-0.39, 0.29) is 5.97 Å². The van der Waals surface area contributed by atoms with Crippen LogP contribution in [0, 0.1) is 5.92 Å². The summed E-state index contributed by atoms with van der Waals surface area (Å²) in [5.74, 6) is 0.608. The van der Waals surface area contributed by atoms with Gasteiger partial charge in [-0.2, -0.15) is 0 Å². The lowest BCUT2D eigenvalue weighted by atomic mass is 9.94. The zero-order valence-corrected chi connectivity index (χ0v) is 18.3. The van der Waals surface area contributed by atoms with Crippen molar-refractivity contribution in [2.45, 2.75) is 136 Å². The molecule has 2 heteroatoms. The van der Waals surface area contributed by atoms with Gasteiger partial charge in [-0.3, -0.25) is 4.79 Å². The molecule has 0 aliphatic heterocycles. The minimum Gasteiger partial charge on any atom is -0.465 e. The second kappa shape index (κ2) is 20.8. The van der Waals surface area contributed by atoms with Crippen LogP contribution in [0.2, 0.25) is 0 Å². The predicted molar refractivity (Wildman–Crippen MR) is 115 cm³/mol. The van der Waals surface area contributed by atoms with E-state index in [0.29, 0.717) is 18.9 Å². The van der Waals surface area contributed by atoms with E-state index in [1.807, 2.05) is 0 Å². The van der Waals surface area contributed by atoms with E-state index >= 15 is 0 Å². The van der Waals surface area contributed by atoms with Crippen LogP contribution in [0.25, 0.3) is 0 Å². The third-order valence-electron chi connectivity index (χ3n) is 5.40. The zero-order chi connectivity index (χ0) is 19.3. The molecule has 0 rings (SSSR count). The third kappa shape index (κ3) is 18.3. The van der Waals surface area contributed by atoms with Crippen molar-refractivity contribution in [3.8, 4) is 0 Å². The van der Waals surface area contributed by atoms with Crippen molar-refractivity contribution in [2.24, 2.45) is 5.92 Å². The fourth-order valence-electron chi connectivity index (χ4n) is 3.54. The van der Waals surface area contributed by atoms with Crippen molar-refractivity contribution in [3.05, 3.63) is 0 Å². The molecule has 0 aromatic carbocycles. The molecular weight excluding hydrogens is 320 g/mol. The van der Waals surface area contributed by atoms with Crippen molar-refractivity contribution in [1.82, 2.24) is 0 Å². The highest BCUT2D eigenvalue weighted by molar-refractivity contribution is 5.69. The van der Waals surface area contributed by atoms with Crippen molar-refractivity contribution in [2.75, 3.05) is 6.61 Å². The van der Waals surface area contributed by atoms with Crippen molar-refractivity contribution < 1.29 is 9.53 Å². The summed E-state index contributed by atoms with van der Waals surface area (Å²) in [4.78, 5) is 11.9. The molecule has 0 heterocycles. The summed E-state index contributed by atoms with van der Waals surface area (Å²) >= 11 is 0. The fourth-order valence-corrected chi connectivity index (χ4v) is 3.54. The second-order valence-electron chi connectivity index (χ2n) is 8.12. The highest BCUT2D eigenvalue weighted by Crippen LogP contribution is 2.20. The Kier molecular flexibility index (Phi) is 20.4. The van der Waals surface area contributed by atoms with Gasteiger partial charge in [0.15, 0.2) is 0 Å². The summed E-state index contributed by atoms with van der Waals surface area (Å²) in [7, 11) is 0. The number of carbonyl (C=O) groups excluding carboxylic acids is 1. The van der Waals surface area contributed by atoms with E-state index in [1.54, 1.807) is 0 Å². The van der Waals surface area contributed by atoms with E-state index in [1.165, 1.54) is 89.9 Å². The molecule has 0 atom stereocenters. The number of carbonyl (C=O) groups is 1. The molecule has 0 bridgehead atoms. The predicted octanol–water partition coefficient (Wildman–Crippen LogP) is 8.23. The first-order valence-electron chi connectivity index (χ1n) is 11.9. The van der Waals surface area contributed by atoms with Gasteiger partial charge >= 0.3 is 5.97 Å². The first-order chi connectivity index (χ1) is 12.7. The highest BCUT2D eigenvalue weighted by Gasteiger charge is 2.12. The molecule has 0 saturated carbocycles. The Balaban J connectivity index is 3.96. The van der Waals surface area contributed by atoms with E-state index in [0.717, 1.165) is 19.3 Å². The van der Waals surface area contributed by atoms with Crippen LogP contribution in [0.3, 0.4) is 0 Å². The highest BCUT2D eigenvalue weighted by atomic mass is 16.5. The Morgan fingerprint density at radius 2 is 1.04 bits per heavy atom. The number of rotatable bonds is 20. The SMILES string of the molecule is CCCCCCCCC(CCCCCCCC)COC(=O)CCCCC. The molecule has 0 aromatic heterocycles. The summed E-state index contributed by atoms with van der Waals surface area (Å²) in [6.45, 7) is 7.37. The molecule has 0 radical (unpaired) electrons. The number of hydrogen-bond donors (Lipinski definition) is 0. The topological polar surface area (TPSA) is 26.3 Å². The van der Waals surface area contributed by atoms with E-state index in [2.05, 4.69) is 20.8 Å². The van der Waals surface area contributed by atoms with Gasteiger partial charge in [0.1, 0.15) is 0 Å². The maximum atomic E-state index is 11.9. The molecule has 26 heavy (non-hydrogen) atoms. The van der Waals surface area contributed by atoms with Gasteiger partial charge in [-0.1, -0.05) is 111 Å². The Labute approximate surface area is 164 Å². The standard InChI is InChI=1S/C24H48O2/c1-4-7-10-12-14-17-19-23(20-18-15-13-11-8-5-2)22-26-24(25)21-16-9-6-3/h23H,4-22H2,1-3H3. The summed E-state index contributed by atoms with van der Waals surface area (Å²) < 4.78 is 5.60. The molecule has 0 aromatic rings. The monoisotopic (exact) mass is 368 g/mol. The van der Waals surface area contributed by atoms with Crippen LogP contribution >= 0.6 is 0 Å². The van der Waals surface area contributed by atoms with Crippen molar-refractivity contribution in [1.29, 1.82) is 0 Å². The normalized spacial score (nSPS) is 11.2. The number of esters is 1. The Morgan fingerprint density at radius 3 is 1.54 bits per heavy atom. The van der Waals surface area contributed by atoms with E-state index < -0.39 is 0 Å². The molecule has 0 aliphatic rings. The molecule has 0 fully saturated rings. The molecule has 0 unspecified atom stereocenters. The number of ether oxygens (including phenoxy) is 1. The number of unbranched alkanes of at least 4 members (excludes halogenated alkanes) is 12. The van der Waals surface area contributed by atoms with Gasteiger partial charge in [0.2, 0.25) is 0 Å². The molecule has 0 amide bonds. The van der Waals surface area contributed by atoms with Gasteiger partial charge < -0.3 is 4.74 Å². The molecule has 0 spiro atoms. The fraction of sp³-hybridized carbons (Fsp3) is 0.958. The molecule has 0 aliphatic carbocycles. The van der Waals surface area contributed by atoms with Crippen LogP contribution in [-0.2, 0) is 9.53 Å². The van der Waals surface area contributed by atoms with E-state index in [4.69, 9.17) is 4.74 Å². The van der Waals surface area contributed by atoms with Crippen LogP contribution in [0.5, 0.6) is 0 Å². The maximum Gasteiger partial charge on any atom is 0.305 e. The van der Waals surface area contributed by atoms with Gasteiger partial charge in [0.05, 0.1) is 6.61 Å². The molecule has 0 saturated heterocycles. The van der Waals surface area contributed by atoms with Crippen LogP contribution < -0.4 is 0 Å². The Hall–Kier alpha value is -0.530. The van der Waals surface area contributed by atoms with Crippen molar-refractivity contribution in [3.63, 3.8) is 0 Å². The largest absolute Gasteiger partial charge is 0.465 e. The van der Waals surface area contributed by atoms with Gasteiger partial charge in [-0.25, -0.2) is 0 Å². The first kappa shape index (κ1) is 25.5. The van der Waals surface area contributed by atoms with Crippen LogP contribution in [0.1, 0.15) is 136 Å². The average Bonchev–Trinajstić information content (AvgIpc) is 2.64. The maximum absolute atomic E-state index is 11.9. The summed E-state index contributed by atoms with van der Waals surface area (Å²) in [6, 6.07) is 0. The van der Waals surface area contributed by atoms with Crippen LogP contribution in [0.4, 0.5) is 0 Å². The smallest absolute Gasteiger partial charge is 0.305 e. The zero-order valence-electron chi connectivity index (χ0n) is 18.3. The molecule has 156 valence electrons. The average molecular weight is 369 g/mol. The summed E-state index contributed by atoms with van der Waals surface area (Å²) in [6.07, 6.45) is 22.5. The number of hydrogen-bond acceptors (Lipinski definition) is 2. The second-order valence-corrected chi connectivity index (χ2v) is 8.12. The first-order valence-corrected chi connectivity index (χ1v) is 11.9. The summed E-state index contributed by atoms with van der Waals surface area (Å²) in [5, 5.41) is 0. The third-order valence-corrected chi connectivity index (χ3v) is 5.40. The van der Waals surface area contributed by atoms with E-state index in [9.17, 15) is 4.79 Å². The molecular formula is C24H48O2. The van der Waals surface area contributed by atoms with Crippen LogP contribution in [-0.4, -0.2) is 12.6 Å². The Morgan fingerprint density at radius 1 is 0.615 bits per heavy atom. The molecule has 2 nitrogen and oxygen atoms in total. The molecule has 0 N–H and O–H groups in total. The lowest BCUT2D eigenvalue weighted by Crippen LogP contribution is -2.14. The van der Waals surface area contributed by atoms with Crippen LogP contribution in [0.15, 0.2) is 0 Å². The lowest BCUT2D eigenvalue weighted by Gasteiger charge is -2.17.